The SMILES string of the molecule is C=CCCC(NC(=O)c1scnc1C(C)(C)C)C(=O)O. The van der Waals surface area contributed by atoms with Crippen LogP contribution in [0.2, 0.25) is 0 Å². The van der Waals surface area contributed by atoms with E-state index in [1.54, 1.807) is 11.6 Å². The smallest absolute Gasteiger partial charge is 0.326 e. The molecular formula is C14H20N2O3S. The first-order valence-electron chi connectivity index (χ1n) is 6.36. The molecule has 0 saturated heterocycles. The van der Waals surface area contributed by atoms with E-state index >= 15 is 0 Å². The Labute approximate surface area is 122 Å². The van der Waals surface area contributed by atoms with Gasteiger partial charge in [0.15, 0.2) is 0 Å². The van der Waals surface area contributed by atoms with Crippen LogP contribution in [0.5, 0.6) is 0 Å². The molecule has 1 rings (SSSR count). The Morgan fingerprint density at radius 1 is 1.55 bits per heavy atom. The van der Waals surface area contributed by atoms with Gasteiger partial charge in [-0.05, 0) is 12.8 Å². The number of nitrogens with one attached hydrogen (secondary N) is 1. The van der Waals surface area contributed by atoms with E-state index in [9.17, 15) is 9.59 Å². The van der Waals surface area contributed by atoms with Crippen LogP contribution >= 0.6 is 11.3 Å². The van der Waals surface area contributed by atoms with E-state index < -0.39 is 12.0 Å². The molecule has 1 unspecified atom stereocenters. The minimum atomic E-state index is -1.04. The highest BCUT2D eigenvalue weighted by Gasteiger charge is 2.27. The number of aromatic nitrogens is 1. The van der Waals surface area contributed by atoms with Gasteiger partial charge >= 0.3 is 5.97 Å². The first-order valence-corrected chi connectivity index (χ1v) is 7.24. The van der Waals surface area contributed by atoms with Crippen LogP contribution in [0.15, 0.2) is 18.2 Å². The molecule has 0 bridgehead atoms. The second-order valence-electron chi connectivity index (χ2n) is 5.51. The minimum absolute atomic E-state index is 0.257. The second kappa shape index (κ2) is 6.65. The van der Waals surface area contributed by atoms with Crippen LogP contribution in [-0.4, -0.2) is 28.0 Å². The summed E-state index contributed by atoms with van der Waals surface area (Å²) in [6, 6.07) is -0.907. The van der Waals surface area contributed by atoms with Crippen LogP contribution in [0.1, 0.15) is 49.0 Å². The fourth-order valence-electron chi connectivity index (χ4n) is 1.71. The van der Waals surface area contributed by atoms with Gasteiger partial charge in [-0.25, -0.2) is 9.78 Å². The van der Waals surface area contributed by atoms with E-state index in [1.807, 2.05) is 20.8 Å². The van der Waals surface area contributed by atoms with Crippen LogP contribution in [0, 0.1) is 0 Å². The number of thiazole rings is 1. The number of hydrogen-bond acceptors (Lipinski definition) is 4. The van der Waals surface area contributed by atoms with E-state index in [2.05, 4.69) is 16.9 Å². The van der Waals surface area contributed by atoms with Crippen LogP contribution in [-0.2, 0) is 10.2 Å². The van der Waals surface area contributed by atoms with Crippen molar-refractivity contribution in [1.82, 2.24) is 10.3 Å². The topological polar surface area (TPSA) is 79.3 Å². The van der Waals surface area contributed by atoms with Gasteiger partial charge < -0.3 is 10.4 Å². The average molecular weight is 296 g/mol. The van der Waals surface area contributed by atoms with Crippen molar-refractivity contribution in [1.29, 1.82) is 0 Å². The number of carbonyl (C=O) groups is 2. The van der Waals surface area contributed by atoms with Crippen molar-refractivity contribution in [2.75, 3.05) is 0 Å². The monoisotopic (exact) mass is 296 g/mol. The summed E-state index contributed by atoms with van der Waals surface area (Å²) in [5.74, 6) is -1.42. The van der Waals surface area contributed by atoms with Crippen molar-refractivity contribution in [2.24, 2.45) is 0 Å². The van der Waals surface area contributed by atoms with Gasteiger partial charge in [0.2, 0.25) is 0 Å². The van der Waals surface area contributed by atoms with E-state index in [1.165, 1.54) is 11.3 Å². The summed E-state index contributed by atoms with van der Waals surface area (Å²) in [5, 5.41) is 11.7. The van der Waals surface area contributed by atoms with Crippen LogP contribution < -0.4 is 5.32 Å². The average Bonchev–Trinajstić information content (AvgIpc) is 2.82. The lowest BCUT2D eigenvalue weighted by Gasteiger charge is -2.18. The summed E-state index contributed by atoms with van der Waals surface area (Å²) >= 11 is 1.23. The summed E-state index contributed by atoms with van der Waals surface area (Å²) in [6.45, 7) is 9.44. The molecule has 0 saturated carbocycles. The fraction of sp³-hybridized carbons (Fsp3) is 0.500. The Hall–Kier alpha value is -1.69. The maximum absolute atomic E-state index is 12.2. The first-order chi connectivity index (χ1) is 9.27. The number of hydrogen-bond donors (Lipinski definition) is 2. The number of nitrogens with zero attached hydrogens (tertiary/aromatic N) is 1. The number of carbonyl (C=O) groups excluding carboxylic acids is 1. The Balaban J connectivity index is 2.87. The summed E-state index contributed by atoms with van der Waals surface area (Å²) in [4.78, 5) is 28.0. The largest absolute Gasteiger partial charge is 0.480 e. The van der Waals surface area contributed by atoms with Crippen molar-refractivity contribution < 1.29 is 14.7 Å². The molecule has 0 spiro atoms. The highest BCUT2D eigenvalue weighted by molar-refractivity contribution is 7.11. The molecule has 0 aliphatic carbocycles. The molecule has 20 heavy (non-hydrogen) atoms. The maximum Gasteiger partial charge on any atom is 0.326 e. The number of rotatable bonds is 6. The van der Waals surface area contributed by atoms with E-state index in [4.69, 9.17) is 5.11 Å². The predicted octanol–water partition coefficient (Wildman–Crippen LogP) is 2.59. The van der Waals surface area contributed by atoms with Crippen molar-refractivity contribution in [3.63, 3.8) is 0 Å². The molecular weight excluding hydrogens is 276 g/mol. The molecule has 1 atom stereocenters. The van der Waals surface area contributed by atoms with Crippen molar-refractivity contribution >= 4 is 23.2 Å². The quantitative estimate of drug-likeness (QED) is 0.791. The second-order valence-corrected chi connectivity index (χ2v) is 6.37. The summed E-state index contributed by atoms with van der Waals surface area (Å²) in [7, 11) is 0. The lowest BCUT2D eigenvalue weighted by Crippen LogP contribution is -2.41. The van der Waals surface area contributed by atoms with Crippen LogP contribution in [0.4, 0.5) is 0 Å². The Bertz CT molecular complexity index is 503. The summed E-state index contributed by atoms with van der Waals surface area (Å²) < 4.78 is 0. The van der Waals surface area contributed by atoms with Crippen molar-refractivity contribution in [3.8, 4) is 0 Å². The van der Waals surface area contributed by atoms with Gasteiger partial charge in [0.1, 0.15) is 10.9 Å². The number of aliphatic carboxylic acids is 1. The van der Waals surface area contributed by atoms with Crippen molar-refractivity contribution in [2.45, 2.75) is 45.1 Å². The first kappa shape index (κ1) is 16.4. The van der Waals surface area contributed by atoms with Gasteiger partial charge in [-0.15, -0.1) is 17.9 Å². The molecule has 0 aromatic carbocycles. The molecule has 1 aromatic rings. The van der Waals surface area contributed by atoms with Crippen LogP contribution in [0.3, 0.4) is 0 Å². The highest BCUT2D eigenvalue weighted by Crippen LogP contribution is 2.27. The predicted molar refractivity (Wildman–Crippen MR) is 79.1 cm³/mol. The molecule has 2 N–H and O–H groups in total. The zero-order valence-electron chi connectivity index (χ0n) is 12.0. The summed E-state index contributed by atoms with van der Waals surface area (Å²) in [5.41, 5.74) is 2.04. The number of allylic oxidation sites excluding steroid dienone is 1. The van der Waals surface area contributed by atoms with Gasteiger partial charge in [0.05, 0.1) is 11.2 Å². The van der Waals surface area contributed by atoms with E-state index in [0.717, 1.165) is 0 Å². The third-order valence-electron chi connectivity index (χ3n) is 2.75. The normalized spacial score (nSPS) is 12.8. The molecule has 5 nitrogen and oxygen atoms in total. The zero-order chi connectivity index (χ0) is 15.3. The van der Waals surface area contributed by atoms with E-state index in [-0.39, 0.29) is 11.3 Å². The number of carboxylic acid groups (broad SMARTS) is 1. The Morgan fingerprint density at radius 3 is 2.70 bits per heavy atom. The van der Waals surface area contributed by atoms with Crippen LogP contribution in [0.25, 0.3) is 0 Å². The fourth-order valence-corrected chi connectivity index (χ4v) is 2.61. The lowest BCUT2D eigenvalue weighted by molar-refractivity contribution is -0.139. The van der Waals surface area contributed by atoms with Crippen molar-refractivity contribution in [3.05, 3.63) is 28.7 Å². The molecule has 0 aliphatic rings. The Kier molecular flexibility index (Phi) is 5.44. The molecule has 1 heterocycles. The lowest BCUT2D eigenvalue weighted by atomic mass is 9.91. The molecule has 1 aromatic heterocycles. The zero-order valence-corrected chi connectivity index (χ0v) is 12.8. The van der Waals surface area contributed by atoms with Gasteiger partial charge in [-0.1, -0.05) is 26.8 Å². The molecule has 1 amide bonds. The third-order valence-corrected chi connectivity index (χ3v) is 3.57. The minimum Gasteiger partial charge on any atom is -0.480 e. The van der Waals surface area contributed by atoms with Gasteiger partial charge in [-0.3, -0.25) is 4.79 Å². The highest BCUT2D eigenvalue weighted by atomic mass is 32.1. The number of carboxylic acids is 1. The van der Waals surface area contributed by atoms with Gasteiger partial charge in [0.25, 0.3) is 5.91 Å². The third kappa shape index (κ3) is 4.16. The Morgan fingerprint density at radius 2 is 2.20 bits per heavy atom. The van der Waals surface area contributed by atoms with E-state index in [0.29, 0.717) is 23.4 Å². The molecule has 0 fully saturated rings. The summed E-state index contributed by atoms with van der Waals surface area (Å²) in [6.07, 6.45) is 2.50. The maximum atomic E-state index is 12.2. The molecule has 0 aliphatic heterocycles. The molecule has 6 heteroatoms. The molecule has 110 valence electrons. The van der Waals surface area contributed by atoms with Gasteiger partial charge in [0, 0.05) is 5.41 Å². The standard InChI is InChI=1S/C14H20N2O3S/c1-5-6-7-9(13(18)19)16-12(17)10-11(14(2,3)4)15-8-20-10/h5,8-9H,1,6-7H2,2-4H3,(H,16,17)(H,18,19). The number of amides is 1. The molecule has 0 radical (unpaired) electrons. The van der Waals surface area contributed by atoms with Gasteiger partial charge in [-0.2, -0.15) is 0 Å².